The minimum atomic E-state index is 0.235. The number of aliphatic hydroxyl groups excluding tert-OH is 1. The molecular weight excluding hydrogens is 236 g/mol. The van der Waals surface area contributed by atoms with Crippen LogP contribution in [0.4, 0.5) is 5.69 Å². The molecule has 1 atom stereocenters. The van der Waals surface area contributed by atoms with Crippen LogP contribution in [0, 0.1) is 0 Å². The number of nitrogens with one attached hydrogen (secondary N) is 1. The lowest BCUT2D eigenvalue weighted by molar-refractivity contribution is 0.235. The van der Waals surface area contributed by atoms with Crippen molar-refractivity contribution in [1.82, 2.24) is 5.32 Å². The normalized spacial score (nSPS) is 16.4. The van der Waals surface area contributed by atoms with Crippen molar-refractivity contribution in [2.75, 3.05) is 25.1 Å². The van der Waals surface area contributed by atoms with E-state index in [4.69, 9.17) is 0 Å². The zero-order valence-electron chi connectivity index (χ0n) is 12.1. The Morgan fingerprint density at radius 1 is 1.32 bits per heavy atom. The van der Waals surface area contributed by atoms with Crippen molar-refractivity contribution < 1.29 is 5.11 Å². The first-order valence-electron chi connectivity index (χ1n) is 7.40. The highest BCUT2D eigenvalue weighted by Gasteiger charge is 2.24. The molecule has 0 saturated heterocycles. The maximum absolute atomic E-state index is 9.37. The third-order valence-corrected chi connectivity index (χ3v) is 3.87. The zero-order valence-corrected chi connectivity index (χ0v) is 12.1. The van der Waals surface area contributed by atoms with E-state index >= 15 is 0 Å². The number of hydrogen-bond acceptors (Lipinski definition) is 3. The molecule has 1 aliphatic carbocycles. The fourth-order valence-corrected chi connectivity index (χ4v) is 2.28. The Balaban J connectivity index is 1.79. The highest BCUT2D eigenvalue weighted by atomic mass is 16.3. The van der Waals surface area contributed by atoms with Crippen LogP contribution in [0.1, 0.15) is 31.7 Å². The number of benzene rings is 1. The third kappa shape index (κ3) is 4.51. The van der Waals surface area contributed by atoms with Gasteiger partial charge in [-0.2, -0.15) is 0 Å². The van der Waals surface area contributed by atoms with Crippen molar-refractivity contribution in [3.05, 3.63) is 29.8 Å². The number of hydrogen-bond donors (Lipinski definition) is 2. The summed E-state index contributed by atoms with van der Waals surface area (Å²) in [6.07, 6.45) is 4.61. The Morgan fingerprint density at radius 2 is 2.00 bits per heavy atom. The Labute approximate surface area is 116 Å². The van der Waals surface area contributed by atoms with E-state index in [0.29, 0.717) is 6.04 Å². The minimum Gasteiger partial charge on any atom is -0.395 e. The Bertz CT molecular complexity index is 373. The maximum atomic E-state index is 9.37. The number of anilines is 1. The van der Waals surface area contributed by atoms with Crippen molar-refractivity contribution in [3.63, 3.8) is 0 Å². The van der Waals surface area contributed by atoms with Crippen LogP contribution >= 0.6 is 0 Å². The fourth-order valence-electron chi connectivity index (χ4n) is 2.28. The second-order valence-corrected chi connectivity index (χ2v) is 5.55. The van der Waals surface area contributed by atoms with Crippen LogP contribution in [0.5, 0.6) is 0 Å². The molecule has 2 rings (SSSR count). The summed E-state index contributed by atoms with van der Waals surface area (Å²) in [5, 5.41) is 12.9. The van der Waals surface area contributed by atoms with Gasteiger partial charge in [0.05, 0.1) is 6.61 Å². The van der Waals surface area contributed by atoms with Gasteiger partial charge < -0.3 is 15.3 Å². The van der Waals surface area contributed by atoms with Gasteiger partial charge in [-0.05, 0) is 43.4 Å². The standard InChI is InChI=1S/C16H26N2O/c1-3-13-4-8-16(9-5-13)18(2)11-10-15(12-19)17-14-6-7-14/h4-5,8-9,14-15,17,19H,3,6-7,10-12H2,1-2H3. The van der Waals surface area contributed by atoms with E-state index in [2.05, 4.69) is 48.5 Å². The van der Waals surface area contributed by atoms with Gasteiger partial charge in [-0.25, -0.2) is 0 Å². The van der Waals surface area contributed by atoms with Gasteiger partial charge in [-0.1, -0.05) is 19.1 Å². The number of aryl methyl sites for hydroxylation is 1. The molecule has 0 heterocycles. The molecular formula is C16H26N2O. The number of rotatable bonds is 8. The number of aliphatic hydroxyl groups is 1. The smallest absolute Gasteiger partial charge is 0.0585 e. The molecule has 1 aromatic rings. The molecule has 0 radical (unpaired) electrons. The lowest BCUT2D eigenvalue weighted by Gasteiger charge is -2.23. The Kier molecular flexibility index (Phi) is 5.23. The van der Waals surface area contributed by atoms with E-state index in [0.717, 1.165) is 19.4 Å². The van der Waals surface area contributed by atoms with Crippen LogP contribution in [0.2, 0.25) is 0 Å². The van der Waals surface area contributed by atoms with Crippen LogP contribution in [-0.2, 0) is 6.42 Å². The van der Waals surface area contributed by atoms with Crippen LogP contribution in [0.25, 0.3) is 0 Å². The second kappa shape index (κ2) is 6.92. The molecule has 2 N–H and O–H groups in total. The summed E-state index contributed by atoms with van der Waals surface area (Å²) in [5.74, 6) is 0. The summed E-state index contributed by atoms with van der Waals surface area (Å²) in [5.41, 5.74) is 2.63. The van der Waals surface area contributed by atoms with Gasteiger partial charge in [0.1, 0.15) is 0 Å². The fraction of sp³-hybridized carbons (Fsp3) is 0.625. The van der Waals surface area contributed by atoms with Gasteiger partial charge in [0, 0.05) is 31.4 Å². The van der Waals surface area contributed by atoms with Crippen molar-refractivity contribution >= 4 is 5.69 Å². The highest BCUT2D eigenvalue weighted by molar-refractivity contribution is 5.46. The number of nitrogens with zero attached hydrogens (tertiary/aromatic N) is 1. The topological polar surface area (TPSA) is 35.5 Å². The van der Waals surface area contributed by atoms with E-state index < -0.39 is 0 Å². The molecule has 1 aliphatic rings. The quantitative estimate of drug-likeness (QED) is 0.754. The minimum absolute atomic E-state index is 0.235. The molecule has 106 valence electrons. The molecule has 0 spiro atoms. The molecule has 1 fully saturated rings. The van der Waals surface area contributed by atoms with E-state index in [1.807, 2.05) is 0 Å². The summed E-state index contributed by atoms with van der Waals surface area (Å²) in [6, 6.07) is 9.65. The monoisotopic (exact) mass is 262 g/mol. The van der Waals surface area contributed by atoms with Crippen LogP contribution < -0.4 is 10.2 Å². The zero-order chi connectivity index (χ0) is 13.7. The van der Waals surface area contributed by atoms with Gasteiger partial charge in [0.15, 0.2) is 0 Å². The van der Waals surface area contributed by atoms with Crippen molar-refractivity contribution in [3.8, 4) is 0 Å². The molecule has 0 aliphatic heterocycles. The first-order valence-corrected chi connectivity index (χ1v) is 7.40. The Hall–Kier alpha value is -1.06. The van der Waals surface area contributed by atoms with E-state index in [1.54, 1.807) is 0 Å². The van der Waals surface area contributed by atoms with E-state index in [-0.39, 0.29) is 12.6 Å². The molecule has 1 saturated carbocycles. The van der Waals surface area contributed by atoms with Crippen molar-refractivity contribution in [2.24, 2.45) is 0 Å². The van der Waals surface area contributed by atoms with Crippen LogP contribution in [0.15, 0.2) is 24.3 Å². The first kappa shape index (κ1) is 14.4. The lowest BCUT2D eigenvalue weighted by atomic mass is 10.1. The van der Waals surface area contributed by atoms with E-state index in [9.17, 15) is 5.11 Å². The third-order valence-electron chi connectivity index (χ3n) is 3.87. The van der Waals surface area contributed by atoms with Crippen molar-refractivity contribution in [1.29, 1.82) is 0 Å². The summed E-state index contributed by atoms with van der Waals surface area (Å²) >= 11 is 0. The van der Waals surface area contributed by atoms with E-state index in [1.165, 1.54) is 24.1 Å². The molecule has 19 heavy (non-hydrogen) atoms. The summed E-state index contributed by atoms with van der Waals surface area (Å²) in [6.45, 7) is 3.38. The largest absolute Gasteiger partial charge is 0.395 e. The maximum Gasteiger partial charge on any atom is 0.0585 e. The van der Waals surface area contributed by atoms with Gasteiger partial charge >= 0.3 is 0 Å². The molecule has 0 bridgehead atoms. The predicted molar refractivity (Wildman–Crippen MR) is 80.7 cm³/mol. The molecule has 0 amide bonds. The average Bonchev–Trinajstić information content (AvgIpc) is 3.27. The van der Waals surface area contributed by atoms with Crippen LogP contribution in [-0.4, -0.2) is 37.4 Å². The van der Waals surface area contributed by atoms with Crippen molar-refractivity contribution in [2.45, 2.75) is 44.7 Å². The predicted octanol–water partition coefficient (Wildman–Crippen LogP) is 2.19. The molecule has 1 aromatic carbocycles. The summed E-state index contributed by atoms with van der Waals surface area (Å²) in [7, 11) is 2.12. The molecule has 0 aromatic heterocycles. The first-order chi connectivity index (χ1) is 9.22. The van der Waals surface area contributed by atoms with Gasteiger partial charge in [-0.3, -0.25) is 0 Å². The second-order valence-electron chi connectivity index (χ2n) is 5.55. The summed E-state index contributed by atoms with van der Waals surface area (Å²) < 4.78 is 0. The average molecular weight is 262 g/mol. The van der Waals surface area contributed by atoms with Gasteiger partial charge in [0.2, 0.25) is 0 Å². The van der Waals surface area contributed by atoms with Gasteiger partial charge in [-0.15, -0.1) is 0 Å². The summed E-state index contributed by atoms with van der Waals surface area (Å²) in [4.78, 5) is 2.26. The lowest BCUT2D eigenvalue weighted by Crippen LogP contribution is -2.37. The SMILES string of the molecule is CCc1ccc(N(C)CCC(CO)NC2CC2)cc1. The molecule has 1 unspecified atom stereocenters. The molecule has 3 nitrogen and oxygen atoms in total. The highest BCUT2D eigenvalue weighted by Crippen LogP contribution is 2.20. The van der Waals surface area contributed by atoms with Gasteiger partial charge in [0.25, 0.3) is 0 Å². The Morgan fingerprint density at radius 3 is 2.53 bits per heavy atom. The van der Waals surface area contributed by atoms with Crippen LogP contribution in [0.3, 0.4) is 0 Å². The molecule has 3 heteroatoms.